The zero-order valence-electron chi connectivity index (χ0n) is 11.4. The summed E-state index contributed by atoms with van der Waals surface area (Å²) in [4.78, 5) is 0. The van der Waals surface area contributed by atoms with Crippen LogP contribution in [-0.2, 0) is 13.5 Å². The van der Waals surface area contributed by atoms with E-state index >= 15 is 0 Å². The maximum Gasteiger partial charge on any atom is 0.0480 e. The van der Waals surface area contributed by atoms with Gasteiger partial charge in [-0.25, -0.2) is 0 Å². The third-order valence-electron chi connectivity index (χ3n) is 4.24. The van der Waals surface area contributed by atoms with Gasteiger partial charge in [-0.15, -0.1) is 0 Å². The van der Waals surface area contributed by atoms with Crippen molar-refractivity contribution in [3.05, 3.63) is 35.5 Å². The Balaban J connectivity index is 1.86. The van der Waals surface area contributed by atoms with Crippen LogP contribution in [0.25, 0.3) is 10.9 Å². The summed E-state index contributed by atoms with van der Waals surface area (Å²) in [5.74, 6) is 0.868. The summed E-state index contributed by atoms with van der Waals surface area (Å²) in [6.45, 7) is 4.59. The number of piperidine rings is 1. The second kappa shape index (κ2) is 4.77. The van der Waals surface area contributed by atoms with Crippen molar-refractivity contribution in [1.29, 1.82) is 0 Å². The number of aryl methyl sites for hydroxylation is 2. The van der Waals surface area contributed by atoms with Gasteiger partial charge in [0.1, 0.15) is 0 Å². The fourth-order valence-corrected chi connectivity index (χ4v) is 3.18. The van der Waals surface area contributed by atoms with Gasteiger partial charge in [-0.3, -0.25) is 0 Å². The SMILES string of the molecule is Cc1cn(C)c2ccc(CC3CCNCC3)cc12. The Morgan fingerprint density at radius 1 is 1.28 bits per heavy atom. The van der Waals surface area contributed by atoms with Crippen LogP contribution in [0.2, 0.25) is 0 Å². The fourth-order valence-electron chi connectivity index (χ4n) is 3.18. The summed E-state index contributed by atoms with van der Waals surface area (Å²) in [5, 5.41) is 4.86. The molecule has 1 fully saturated rings. The van der Waals surface area contributed by atoms with E-state index < -0.39 is 0 Å². The molecule has 0 aliphatic carbocycles. The molecule has 0 unspecified atom stereocenters. The standard InChI is InChI=1S/C16H22N2/c1-12-11-18(2)16-4-3-14(10-15(12)16)9-13-5-7-17-8-6-13/h3-4,10-11,13,17H,5-9H2,1-2H3. The molecule has 18 heavy (non-hydrogen) atoms. The number of rotatable bonds is 2. The van der Waals surface area contributed by atoms with Crippen molar-refractivity contribution in [2.75, 3.05) is 13.1 Å². The van der Waals surface area contributed by atoms with Crippen LogP contribution in [-0.4, -0.2) is 17.7 Å². The lowest BCUT2D eigenvalue weighted by Gasteiger charge is -2.22. The first-order chi connectivity index (χ1) is 8.74. The van der Waals surface area contributed by atoms with Crippen molar-refractivity contribution < 1.29 is 0 Å². The molecule has 0 radical (unpaired) electrons. The second-order valence-corrected chi connectivity index (χ2v) is 5.67. The van der Waals surface area contributed by atoms with E-state index in [4.69, 9.17) is 0 Å². The number of nitrogens with zero attached hydrogens (tertiary/aromatic N) is 1. The number of aromatic nitrogens is 1. The van der Waals surface area contributed by atoms with Crippen molar-refractivity contribution in [3.8, 4) is 0 Å². The van der Waals surface area contributed by atoms with Gasteiger partial charge in [0, 0.05) is 24.1 Å². The van der Waals surface area contributed by atoms with E-state index in [0.29, 0.717) is 0 Å². The smallest absolute Gasteiger partial charge is 0.0480 e. The summed E-state index contributed by atoms with van der Waals surface area (Å²) in [6, 6.07) is 6.98. The average molecular weight is 242 g/mol. The van der Waals surface area contributed by atoms with Crippen LogP contribution in [0.1, 0.15) is 24.0 Å². The summed E-state index contributed by atoms with van der Waals surface area (Å²) < 4.78 is 2.22. The first-order valence-corrected chi connectivity index (χ1v) is 6.99. The minimum Gasteiger partial charge on any atom is -0.350 e. The lowest BCUT2D eigenvalue weighted by Crippen LogP contribution is -2.28. The summed E-state index contributed by atoms with van der Waals surface area (Å²) in [6.07, 6.45) is 6.11. The summed E-state index contributed by atoms with van der Waals surface area (Å²) >= 11 is 0. The highest BCUT2D eigenvalue weighted by Crippen LogP contribution is 2.24. The van der Waals surface area contributed by atoms with E-state index in [1.54, 1.807) is 0 Å². The van der Waals surface area contributed by atoms with Crippen LogP contribution < -0.4 is 5.32 Å². The molecule has 1 aliphatic heterocycles. The molecule has 0 amide bonds. The molecule has 0 saturated carbocycles. The monoisotopic (exact) mass is 242 g/mol. The highest BCUT2D eigenvalue weighted by Gasteiger charge is 2.14. The highest BCUT2D eigenvalue weighted by atomic mass is 14.9. The Kier molecular flexibility index (Phi) is 3.13. The lowest BCUT2D eigenvalue weighted by molar-refractivity contribution is 0.373. The maximum absolute atomic E-state index is 3.44. The normalized spacial score (nSPS) is 17.4. The molecule has 1 aromatic carbocycles. The number of nitrogens with one attached hydrogen (secondary N) is 1. The summed E-state index contributed by atoms with van der Waals surface area (Å²) in [7, 11) is 2.13. The van der Waals surface area contributed by atoms with Crippen LogP contribution in [0.5, 0.6) is 0 Å². The summed E-state index contributed by atoms with van der Waals surface area (Å²) in [5.41, 5.74) is 4.24. The van der Waals surface area contributed by atoms with Gasteiger partial charge in [0.25, 0.3) is 0 Å². The van der Waals surface area contributed by atoms with Crippen molar-refractivity contribution in [2.45, 2.75) is 26.2 Å². The zero-order valence-corrected chi connectivity index (χ0v) is 11.4. The molecule has 2 heterocycles. The number of fused-ring (bicyclic) bond motifs is 1. The predicted molar refractivity (Wildman–Crippen MR) is 77.0 cm³/mol. The second-order valence-electron chi connectivity index (χ2n) is 5.67. The van der Waals surface area contributed by atoms with Crippen LogP contribution >= 0.6 is 0 Å². The topological polar surface area (TPSA) is 17.0 Å². The van der Waals surface area contributed by atoms with Crippen LogP contribution in [0.15, 0.2) is 24.4 Å². The third-order valence-corrected chi connectivity index (χ3v) is 4.24. The number of hydrogen-bond donors (Lipinski definition) is 1. The molecule has 2 nitrogen and oxygen atoms in total. The predicted octanol–water partition coefficient (Wildman–Crippen LogP) is 3.03. The largest absolute Gasteiger partial charge is 0.350 e. The van der Waals surface area contributed by atoms with Gasteiger partial charge in [0.05, 0.1) is 0 Å². The van der Waals surface area contributed by atoms with Crippen LogP contribution in [0, 0.1) is 12.8 Å². The van der Waals surface area contributed by atoms with Crippen LogP contribution in [0.4, 0.5) is 0 Å². The Morgan fingerprint density at radius 3 is 2.83 bits per heavy atom. The van der Waals surface area contributed by atoms with E-state index in [0.717, 1.165) is 5.92 Å². The van der Waals surface area contributed by atoms with Gasteiger partial charge >= 0.3 is 0 Å². The van der Waals surface area contributed by atoms with E-state index in [2.05, 4.69) is 48.3 Å². The minimum atomic E-state index is 0.868. The fraction of sp³-hybridized carbons (Fsp3) is 0.500. The molecular weight excluding hydrogens is 220 g/mol. The first kappa shape index (κ1) is 11.8. The lowest BCUT2D eigenvalue weighted by atomic mass is 9.90. The van der Waals surface area contributed by atoms with Crippen molar-refractivity contribution >= 4 is 10.9 Å². The Bertz CT molecular complexity index is 547. The quantitative estimate of drug-likeness (QED) is 0.856. The van der Waals surface area contributed by atoms with E-state index in [1.807, 2.05) is 0 Å². The molecule has 2 heteroatoms. The molecule has 3 rings (SSSR count). The number of benzene rings is 1. The molecule has 1 N–H and O–H groups in total. The molecule has 0 bridgehead atoms. The Hall–Kier alpha value is -1.28. The first-order valence-electron chi connectivity index (χ1n) is 6.99. The van der Waals surface area contributed by atoms with E-state index in [9.17, 15) is 0 Å². The molecular formula is C16H22N2. The van der Waals surface area contributed by atoms with Gasteiger partial charge in [-0.1, -0.05) is 6.07 Å². The van der Waals surface area contributed by atoms with Gasteiger partial charge in [-0.2, -0.15) is 0 Å². The van der Waals surface area contributed by atoms with Gasteiger partial charge in [-0.05, 0) is 68.5 Å². The highest BCUT2D eigenvalue weighted by molar-refractivity contribution is 5.84. The van der Waals surface area contributed by atoms with E-state index in [-0.39, 0.29) is 0 Å². The molecule has 1 saturated heterocycles. The molecule has 0 atom stereocenters. The molecule has 1 aromatic heterocycles. The number of hydrogen-bond acceptors (Lipinski definition) is 1. The minimum absolute atomic E-state index is 0.868. The molecule has 96 valence electrons. The van der Waals surface area contributed by atoms with Crippen molar-refractivity contribution in [2.24, 2.45) is 13.0 Å². The van der Waals surface area contributed by atoms with Crippen molar-refractivity contribution in [3.63, 3.8) is 0 Å². The Labute approximate surface area is 109 Å². The Morgan fingerprint density at radius 2 is 2.06 bits per heavy atom. The average Bonchev–Trinajstić information content (AvgIpc) is 2.66. The molecule has 0 spiro atoms. The molecule has 2 aromatic rings. The molecule has 1 aliphatic rings. The van der Waals surface area contributed by atoms with Gasteiger partial charge in [0.2, 0.25) is 0 Å². The van der Waals surface area contributed by atoms with Gasteiger partial charge in [0.15, 0.2) is 0 Å². The maximum atomic E-state index is 3.44. The van der Waals surface area contributed by atoms with Gasteiger partial charge < -0.3 is 9.88 Å². The third kappa shape index (κ3) is 2.17. The zero-order chi connectivity index (χ0) is 12.5. The van der Waals surface area contributed by atoms with Crippen molar-refractivity contribution in [1.82, 2.24) is 9.88 Å². The van der Waals surface area contributed by atoms with Crippen LogP contribution in [0.3, 0.4) is 0 Å². The van der Waals surface area contributed by atoms with E-state index in [1.165, 1.54) is 54.4 Å².